The SMILES string of the molecule is Cc1cccc(-n2nnnc2S[C@H](C)C(=O)c2ccc3c(c2)NC(=O)CO3)c1. The van der Waals surface area contributed by atoms with Gasteiger partial charge in [-0.1, -0.05) is 23.9 Å². The number of aryl methyl sites for hydroxylation is 1. The predicted octanol–water partition coefficient (Wildman–Crippen LogP) is 2.67. The minimum absolute atomic E-state index is 0.0197. The van der Waals surface area contributed by atoms with Crippen molar-refractivity contribution in [2.24, 2.45) is 0 Å². The number of rotatable bonds is 5. The standard InChI is InChI=1S/C19H17N5O3S/c1-11-4-3-5-14(8-11)24-19(21-22-23-24)28-12(2)18(26)13-6-7-16-15(9-13)20-17(25)10-27-16/h3-9,12H,10H2,1-2H3,(H,20,25)/t12-/m1/s1. The summed E-state index contributed by atoms with van der Waals surface area (Å²) in [5.41, 5.74) is 2.91. The van der Waals surface area contributed by atoms with Crippen molar-refractivity contribution in [2.45, 2.75) is 24.3 Å². The van der Waals surface area contributed by atoms with E-state index in [1.54, 1.807) is 29.8 Å². The van der Waals surface area contributed by atoms with E-state index in [0.29, 0.717) is 22.2 Å². The molecule has 1 amide bonds. The number of ether oxygens (including phenoxy) is 1. The number of aromatic nitrogens is 4. The Balaban J connectivity index is 1.54. The van der Waals surface area contributed by atoms with E-state index in [0.717, 1.165) is 11.3 Å². The predicted molar refractivity (Wildman–Crippen MR) is 104 cm³/mol. The molecule has 0 unspecified atom stereocenters. The Morgan fingerprint density at radius 1 is 1.29 bits per heavy atom. The Morgan fingerprint density at radius 2 is 2.14 bits per heavy atom. The highest BCUT2D eigenvalue weighted by molar-refractivity contribution is 8.00. The van der Waals surface area contributed by atoms with E-state index in [4.69, 9.17) is 4.74 Å². The average Bonchev–Trinajstić information content (AvgIpc) is 3.15. The number of anilines is 1. The van der Waals surface area contributed by atoms with E-state index < -0.39 is 5.25 Å². The van der Waals surface area contributed by atoms with Crippen LogP contribution in [0.4, 0.5) is 5.69 Å². The number of nitrogens with one attached hydrogen (secondary N) is 1. The van der Waals surface area contributed by atoms with Gasteiger partial charge >= 0.3 is 0 Å². The molecule has 1 aliphatic rings. The number of benzene rings is 2. The molecule has 142 valence electrons. The van der Waals surface area contributed by atoms with Gasteiger partial charge in [0.2, 0.25) is 5.16 Å². The molecule has 0 saturated heterocycles. The summed E-state index contributed by atoms with van der Waals surface area (Å²) in [6.45, 7) is 3.77. The van der Waals surface area contributed by atoms with Gasteiger partial charge in [0.05, 0.1) is 16.6 Å². The molecular weight excluding hydrogens is 378 g/mol. The lowest BCUT2D eigenvalue weighted by atomic mass is 10.1. The quantitative estimate of drug-likeness (QED) is 0.524. The van der Waals surface area contributed by atoms with Gasteiger partial charge in [-0.25, -0.2) is 0 Å². The normalized spacial score (nSPS) is 14.0. The number of hydrogen-bond donors (Lipinski definition) is 1. The number of nitrogens with zero attached hydrogens (tertiary/aromatic N) is 4. The smallest absolute Gasteiger partial charge is 0.262 e. The third kappa shape index (κ3) is 3.61. The first-order valence-corrected chi connectivity index (χ1v) is 9.52. The summed E-state index contributed by atoms with van der Waals surface area (Å²) in [5, 5.41) is 14.7. The average molecular weight is 395 g/mol. The highest BCUT2D eigenvalue weighted by Gasteiger charge is 2.23. The molecule has 2 aromatic carbocycles. The van der Waals surface area contributed by atoms with Crippen LogP contribution >= 0.6 is 11.8 Å². The molecule has 9 heteroatoms. The largest absolute Gasteiger partial charge is 0.482 e. The third-order valence-corrected chi connectivity index (χ3v) is 5.27. The van der Waals surface area contributed by atoms with Crippen LogP contribution in [0.25, 0.3) is 5.69 Å². The van der Waals surface area contributed by atoms with Gasteiger partial charge in [0.15, 0.2) is 12.4 Å². The number of hydrogen-bond acceptors (Lipinski definition) is 7. The van der Waals surface area contributed by atoms with Crippen LogP contribution in [0.5, 0.6) is 5.75 Å². The van der Waals surface area contributed by atoms with E-state index in [-0.39, 0.29) is 18.3 Å². The molecule has 0 radical (unpaired) electrons. The van der Waals surface area contributed by atoms with E-state index in [1.807, 2.05) is 31.2 Å². The number of carbonyl (C=O) groups is 2. The van der Waals surface area contributed by atoms with Gasteiger partial charge in [-0.05, 0) is 60.2 Å². The minimum atomic E-state index is -0.423. The molecule has 28 heavy (non-hydrogen) atoms. The number of thioether (sulfide) groups is 1. The summed E-state index contributed by atoms with van der Waals surface area (Å²) >= 11 is 1.28. The zero-order valence-corrected chi connectivity index (χ0v) is 16.1. The molecule has 4 rings (SSSR count). The fraction of sp³-hybridized carbons (Fsp3) is 0.211. The summed E-state index contributed by atoms with van der Waals surface area (Å²) in [4.78, 5) is 24.4. The van der Waals surface area contributed by atoms with Crippen LogP contribution in [0.3, 0.4) is 0 Å². The van der Waals surface area contributed by atoms with Crippen molar-refractivity contribution in [3.05, 3.63) is 53.6 Å². The van der Waals surface area contributed by atoms with E-state index in [9.17, 15) is 9.59 Å². The van der Waals surface area contributed by atoms with Crippen LogP contribution in [0.1, 0.15) is 22.8 Å². The van der Waals surface area contributed by atoms with Crippen molar-refractivity contribution in [1.29, 1.82) is 0 Å². The van der Waals surface area contributed by atoms with Gasteiger partial charge in [0, 0.05) is 5.56 Å². The molecule has 0 saturated carbocycles. The lowest BCUT2D eigenvalue weighted by molar-refractivity contribution is -0.118. The summed E-state index contributed by atoms with van der Waals surface area (Å²) < 4.78 is 6.95. The van der Waals surface area contributed by atoms with Gasteiger partial charge in [-0.2, -0.15) is 4.68 Å². The number of Topliss-reactive ketones (excluding diaryl/α,β-unsaturated/α-hetero) is 1. The number of amides is 1. The topological polar surface area (TPSA) is 99.0 Å². The van der Waals surface area contributed by atoms with Crippen LogP contribution in [0.2, 0.25) is 0 Å². The summed E-state index contributed by atoms with van der Waals surface area (Å²) in [6.07, 6.45) is 0. The molecule has 1 aromatic heterocycles. The molecule has 3 aromatic rings. The van der Waals surface area contributed by atoms with Gasteiger partial charge in [-0.15, -0.1) is 5.10 Å². The van der Waals surface area contributed by atoms with Crippen molar-refractivity contribution in [3.63, 3.8) is 0 Å². The fourth-order valence-electron chi connectivity index (χ4n) is 2.86. The second-order valence-electron chi connectivity index (χ2n) is 6.38. The Bertz CT molecular complexity index is 1070. The maximum atomic E-state index is 12.9. The van der Waals surface area contributed by atoms with Crippen LogP contribution in [-0.4, -0.2) is 43.8 Å². The van der Waals surface area contributed by atoms with Gasteiger partial charge in [0.25, 0.3) is 5.91 Å². The zero-order chi connectivity index (χ0) is 19.7. The van der Waals surface area contributed by atoms with Crippen molar-refractivity contribution in [1.82, 2.24) is 20.2 Å². The van der Waals surface area contributed by atoms with Gasteiger partial charge in [0.1, 0.15) is 5.75 Å². The second kappa shape index (κ2) is 7.43. The molecule has 8 nitrogen and oxygen atoms in total. The van der Waals surface area contributed by atoms with Crippen LogP contribution in [-0.2, 0) is 4.79 Å². The van der Waals surface area contributed by atoms with Crippen LogP contribution < -0.4 is 10.1 Å². The summed E-state index contributed by atoms with van der Waals surface area (Å²) in [6, 6.07) is 12.8. The van der Waals surface area contributed by atoms with Crippen LogP contribution in [0.15, 0.2) is 47.6 Å². The Morgan fingerprint density at radius 3 is 2.96 bits per heavy atom. The van der Waals surface area contributed by atoms with Crippen molar-refractivity contribution >= 4 is 29.1 Å². The van der Waals surface area contributed by atoms with Crippen molar-refractivity contribution in [3.8, 4) is 11.4 Å². The van der Waals surface area contributed by atoms with E-state index in [2.05, 4.69) is 20.8 Å². The fourth-order valence-corrected chi connectivity index (χ4v) is 3.74. The van der Waals surface area contributed by atoms with Crippen LogP contribution in [0, 0.1) is 6.92 Å². The van der Waals surface area contributed by atoms with Gasteiger partial charge in [-0.3, -0.25) is 9.59 Å². The minimum Gasteiger partial charge on any atom is -0.482 e. The van der Waals surface area contributed by atoms with E-state index >= 15 is 0 Å². The number of carbonyl (C=O) groups excluding carboxylic acids is 2. The lowest BCUT2D eigenvalue weighted by Crippen LogP contribution is -2.25. The van der Waals surface area contributed by atoms with Crippen molar-refractivity contribution < 1.29 is 14.3 Å². The molecule has 1 atom stereocenters. The Labute approximate surface area is 165 Å². The monoisotopic (exact) mass is 395 g/mol. The first-order valence-electron chi connectivity index (χ1n) is 8.64. The lowest BCUT2D eigenvalue weighted by Gasteiger charge is -2.19. The highest BCUT2D eigenvalue weighted by atomic mass is 32.2. The maximum Gasteiger partial charge on any atom is 0.262 e. The number of ketones is 1. The first kappa shape index (κ1) is 18.2. The zero-order valence-electron chi connectivity index (χ0n) is 15.2. The molecule has 0 aliphatic carbocycles. The molecule has 2 heterocycles. The molecular formula is C19H17N5O3S. The summed E-state index contributed by atoms with van der Waals surface area (Å²) in [5.74, 6) is 0.225. The molecule has 0 spiro atoms. The third-order valence-electron chi connectivity index (χ3n) is 4.24. The Kier molecular flexibility index (Phi) is 4.82. The summed E-state index contributed by atoms with van der Waals surface area (Å²) in [7, 11) is 0. The second-order valence-corrected chi connectivity index (χ2v) is 7.69. The number of tetrazole rings is 1. The number of fused-ring (bicyclic) bond motifs is 1. The molecule has 0 bridgehead atoms. The molecule has 0 fully saturated rings. The first-order chi connectivity index (χ1) is 13.5. The van der Waals surface area contributed by atoms with E-state index in [1.165, 1.54) is 11.8 Å². The molecule has 1 N–H and O–H groups in total. The van der Waals surface area contributed by atoms with Gasteiger partial charge < -0.3 is 10.1 Å². The van der Waals surface area contributed by atoms with Crippen molar-refractivity contribution in [2.75, 3.05) is 11.9 Å². The molecule has 1 aliphatic heterocycles. The Hall–Kier alpha value is -3.20. The highest BCUT2D eigenvalue weighted by Crippen LogP contribution is 2.31. The maximum absolute atomic E-state index is 12.9.